The van der Waals surface area contributed by atoms with Crippen LogP contribution in [0.5, 0.6) is 0 Å². The number of rotatable bonds is 2. The molecule has 0 heterocycles. The molecule has 0 aromatic heterocycles. The first-order valence-corrected chi connectivity index (χ1v) is 1.96. The van der Waals surface area contributed by atoms with Crippen LogP contribution in [-0.4, -0.2) is 16.5 Å². The van der Waals surface area contributed by atoms with Gasteiger partial charge in [0, 0.05) is 0 Å². The number of hydrogen-bond acceptors (Lipinski definition) is 3. The highest BCUT2D eigenvalue weighted by atomic mass is 35.5. The second-order valence-corrected chi connectivity index (χ2v) is 1.34. The van der Waals surface area contributed by atoms with E-state index in [2.05, 4.69) is 11.6 Å². The Morgan fingerprint density at radius 2 is 2.25 bits per heavy atom. The summed E-state index contributed by atoms with van der Waals surface area (Å²) >= 11 is 4.53. The van der Waals surface area contributed by atoms with Crippen molar-refractivity contribution in [1.29, 1.82) is 0 Å². The van der Waals surface area contributed by atoms with Crippen molar-refractivity contribution in [1.82, 2.24) is 0 Å². The molecule has 1 unspecified atom stereocenters. The van der Waals surface area contributed by atoms with Gasteiger partial charge in [0.05, 0.1) is 4.92 Å². The van der Waals surface area contributed by atoms with Crippen LogP contribution in [0, 0.1) is 10.1 Å². The monoisotopic (exact) mass is 141 g/mol. The van der Waals surface area contributed by atoms with Gasteiger partial charge in [0.1, 0.15) is 0 Å². The van der Waals surface area contributed by atoms with Gasteiger partial charge in [-0.25, -0.2) is 0 Å². The molecule has 0 spiro atoms. The van der Waals surface area contributed by atoms with Gasteiger partial charge in [-0.3, -0.25) is 14.9 Å². The third-order valence-electron chi connectivity index (χ3n) is 0.372. The summed E-state index contributed by atoms with van der Waals surface area (Å²) in [5, 5.41) is 9.35. The van der Waals surface area contributed by atoms with Crippen molar-refractivity contribution in [2.45, 2.75) is 5.50 Å². The normalized spacial score (nSPS) is 12.8. The third kappa shape index (κ3) is 1.83. The summed E-state index contributed by atoms with van der Waals surface area (Å²) in [6.07, 6.45) is 0. The van der Waals surface area contributed by atoms with Crippen LogP contribution in [0.1, 0.15) is 0 Å². The molecule has 6 heteroatoms. The number of carbonyl (C=O) groups is 1. The number of alkyl halides is 1. The van der Waals surface area contributed by atoms with Crippen molar-refractivity contribution < 1.29 is 14.1 Å². The van der Waals surface area contributed by atoms with Gasteiger partial charge in [0.2, 0.25) is 0 Å². The molecule has 0 amide bonds. The first kappa shape index (κ1) is 7.29. The van der Waals surface area contributed by atoms with Crippen molar-refractivity contribution in [3.8, 4) is 0 Å². The predicted molar refractivity (Wildman–Crippen MR) is 22.8 cm³/mol. The van der Waals surface area contributed by atoms with E-state index in [-0.39, 0.29) is 0 Å². The minimum atomic E-state index is -2.24. The van der Waals surface area contributed by atoms with Gasteiger partial charge in [-0.15, -0.1) is 0 Å². The fourth-order valence-corrected chi connectivity index (χ4v) is 0.0829. The van der Waals surface area contributed by atoms with Gasteiger partial charge < -0.3 is 0 Å². The number of nitro groups is 1. The number of hydrogen-bond donors (Lipinski definition) is 0. The van der Waals surface area contributed by atoms with Crippen LogP contribution >= 0.6 is 11.6 Å². The van der Waals surface area contributed by atoms with E-state index in [4.69, 9.17) is 0 Å². The van der Waals surface area contributed by atoms with Crippen molar-refractivity contribution in [3.05, 3.63) is 10.1 Å². The molecule has 0 aliphatic rings. The lowest BCUT2D eigenvalue weighted by Crippen LogP contribution is -2.19. The SMILES string of the molecule is O=C(F)C(Cl)[N+](=O)[O-]. The maximum absolute atomic E-state index is 11.1. The van der Waals surface area contributed by atoms with Gasteiger partial charge in [-0.05, 0) is 11.6 Å². The standard InChI is InChI=1S/C2HClFNO3/c3-1(2(4)6)5(7)8/h1H. The van der Waals surface area contributed by atoms with Crippen molar-refractivity contribution in [2.75, 3.05) is 0 Å². The molecule has 0 aliphatic carbocycles. The zero-order chi connectivity index (χ0) is 6.73. The predicted octanol–water partition coefficient (Wildman–Crippen LogP) is 0.324. The smallest absolute Gasteiger partial charge is 0.262 e. The molecule has 0 rings (SSSR count). The highest BCUT2D eigenvalue weighted by Crippen LogP contribution is 1.97. The number of carbonyl (C=O) groups excluding carboxylic acids is 1. The Bertz CT molecular complexity index is 112. The van der Waals surface area contributed by atoms with Gasteiger partial charge >= 0.3 is 11.5 Å². The van der Waals surface area contributed by atoms with E-state index < -0.39 is 16.5 Å². The Hall–Kier alpha value is -0.710. The molecule has 1 atom stereocenters. The lowest BCUT2D eigenvalue weighted by Gasteiger charge is -1.88. The molecule has 4 nitrogen and oxygen atoms in total. The summed E-state index contributed by atoms with van der Waals surface area (Å²) in [5.74, 6) is 0. The van der Waals surface area contributed by atoms with Crippen LogP contribution in [0.4, 0.5) is 4.39 Å². The second-order valence-electron chi connectivity index (χ2n) is 0.925. The largest absolute Gasteiger partial charge is 0.391 e. The van der Waals surface area contributed by atoms with E-state index >= 15 is 0 Å². The molecule has 0 saturated heterocycles. The minimum Gasteiger partial charge on any atom is -0.262 e. The van der Waals surface area contributed by atoms with Crippen LogP contribution in [0.3, 0.4) is 0 Å². The average Bonchev–Trinajstić information content (AvgIpc) is 1.64. The average molecular weight is 141 g/mol. The molecular formula is C2HClFNO3. The van der Waals surface area contributed by atoms with E-state index in [9.17, 15) is 19.3 Å². The van der Waals surface area contributed by atoms with Gasteiger partial charge in [0.15, 0.2) is 0 Å². The molecule has 0 aromatic carbocycles. The van der Waals surface area contributed by atoms with Crippen molar-refractivity contribution >= 4 is 17.6 Å². The maximum atomic E-state index is 11.1. The van der Waals surface area contributed by atoms with Crippen molar-refractivity contribution in [2.24, 2.45) is 0 Å². The fraction of sp³-hybridized carbons (Fsp3) is 0.500. The van der Waals surface area contributed by atoms with Crippen LogP contribution in [0.15, 0.2) is 0 Å². The van der Waals surface area contributed by atoms with Gasteiger partial charge in [-0.2, -0.15) is 4.39 Å². The molecule has 0 radical (unpaired) electrons. The van der Waals surface area contributed by atoms with Crippen LogP contribution < -0.4 is 0 Å². The molecule has 0 aromatic rings. The second kappa shape index (κ2) is 2.56. The minimum absolute atomic E-state index is 1.22. The van der Waals surface area contributed by atoms with Gasteiger partial charge in [-0.1, -0.05) is 0 Å². The molecule has 0 N–H and O–H groups in total. The number of halogens is 2. The van der Waals surface area contributed by atoms with Crippen molar-refractivity contribution in [3.63, 3.8) is 0 Å². The number of nitrogens with zero attached hydrogens (tertiary/aromatic N) is 1. The molecule has 8 heavy (non-hydrogen) atoms. The highest BCUT2D eigenvalue weighted by Gasteiger charge is 2.25. The Labute approximate surface area is 48.4 Å². The maximum Gasteiger partial charge on any atom is 0.391 e. The first-order valence-electron chi connectivity index (χ1n) is 1.52. The Kier molecular flexibility index (Phi) is 2.33. The lowest BCUT2D eigenvalue weighted by molar-refractivity contribution is -0.486. The molecular weight excluding hydrogens is 140 g/mol. The summed E-state index contributed by atoms with van der Waals surface area (Å²) in [4.78, 5) is 17.5. The van der Waals surface area contributed by atoms with E-state index in [1.54, 1.807) is 0 Å². The molecule has 0 aliphatic heterocycles. The lowest BCUT2D eigenvalue weighted by atomic mass is 10.7. The van der Waals surface area contributed by atoms with Crippen LogP contribution in [-0.2, 0) is 4.79 Å². The molecule has 46 valence electrons. The molecule has 0 fully saturated rings. The summed E-state index contributed by atoms with van der Waals surface area (Å²) in [6, 6.07) is -2.14. The molecule has 0 saturated carbocycles. The topological polar surface area (TPSA) is 60.2 Å². The zero-order valence-corrected chi connectivity index (χ0v) is 4.26. The van der Waals surface area contributed by atoms with E-state index in [1.807, 2.05) is 0 Å². The first-order chi connectivity index (χ1) is 3.55. The van der Waals surface area contributed by atoms with Gasteiger partial charge in [0.25, 0.3) is 0 Å². The summed E-state index contributed by atoms with van der Waals surface area (Å²) in [6.45, 7) is 0. The zero-order valence-electron chi connectivity index (χ0n) is 3.51. The van der Waals surface area contributed by atoms with E-state index in [0.717, 1.165) is 0 Å². The van der Waals surface area contributed by atoms with E-state index in [0.29, 0.717) is 0 Å². The summed E-state index contributed by atoms with van der Waals surface area (Å²) < 4.78 is 11.1. The third-order valence-corrected chi connectivity index (χ3v) is 0.703. The Morgan fingerprint density at radius 1 is 1.88 bits per heavy atom. The fourth-order valence-electron chi connectivity index (χ4n) is 0.0829. The molecule has 0 bridgehead atoms. The van der Waals surface area contributed by atoms with Crippen LogP contribution in [0.2, 0.25) is 0 Å². The Balaban J connectivity index is 3.83. The summed E-state index contributed by atoms with van der Waals surface area (Å²) in [7, 11) is 0. The van der Waals surface area contributed by atoms with E-state index in [1.165, 1.54) is 0 Å². The summed E-state index contributed by atoms with van der Waals surface area (Å²) in [5.41, 5.74) is -2.24. The Morgan fingerprint density at radius 3 is 2.25 bits per heavy atom. The quantitative estimate of drug-likeness (QED) is 0.183. The van der Waals surface area contributed by atoms with Crippen LogP contribution in [0.25, 0.3) is 0 Å². The highest BCUT2D eigenvalue weighted by molar-refractivity contribution is 6.28.